The molecule has 0 N–H and O–H groups in total. The van der Waals surface area contributed by atoms with Crippen LogP contribution in [-0.4, -0.2) is 14.5 Å². The maximum Gasteiger partial charge on any atom is 0.160 e. The normalized spacial score (nSPS) is 11.3. The van der Waals surface area contributed by atoms with Crippen molar-refractivity contribution in [2.24, 2.45) is 0 Å². The standard InChI is InChI=1S/C68H53N5/c1-46-25-29-51(30-26-46)63-45-64(70-68(69-63)53-31-27-47(2)28-32-53)52-35-33-50(34-36-52)60-41-49(4)67(42-48(60)3)73-65-39-37-58(71(54-17-9-5-10-18-54)55-19-11-6-12-20-55)43-61(65)62-44-59(38-40-66(62)73)72(56-21-13-7-14-22-56)57-23-15-8-16-24-57/h5-45H,1-4H3. The van der Waals surface area contributed by atoms with Crippen molar-refractivity contribution < 1.29 is 0 Å². The van der Waals surface area contributed by atoms with Crippen molar-refractivity contribution in [1.82, 2.24) is 14.5 Å². The number of benzene rings is 10. The smallest absolute Gasteiger partial charge is 0.160 e. The number of aryl methyl sites for hydroxylation is 4. The van der Waals surface area contributed by atoms with Crippen molar-refractivity contribution in [3.05, 3.63) is 271 Å². The van der Waals surface area contributed by atoms with E-state index in [2.05, 4.69) is 291 Å². The summed E-state index contributed by atoms with van der Waals surface area (Å²) in [6, 6.07) is 89.2. The molecule has 2 aromatic heterocycles. The molecule has 0 spiro atoms. The summed E-state index contributed by atoms with van der Waals surface area (Å²) >= 11 is 0. The van der Waals surface area contributed by atoms with Gasteiger partial charge in [-0.15, -0.1) is 0 Å². The van der Waals surface area contributed by atoms with Gasteiger partial charge in [0.1, 0.15) is 0 Å². The van der Waals surface area contributed by atoms with Crippen LogP contribution in [0, 0.1) is 27.7 Å². The Morgan fingerprint density at radius 3 is 1.12 bits per heavy atom. The van der Waals surface area contributed by atoms with E-state index in [0.717, 1.165) is 84.5 Å². The first-order valence-electron chi connectivity index (χ1n) is 25.0. The lowest BCUT2D eigenvalue weighted by Gasteiger charge is -2.26. The highest BCUT2D eigenvalue weighted by Gasteiger charge is 2.22. The SMILES string of the molecule is Cc1ccc(-c2cc(-c3ccc(-c4cc(C)c(-n5c6ccc(N(c7ccccc7)c7ccccc7)cc6c6cc(N(c7ccccc7)c7ccccc7)ccc65)cc4C)cc3)nc(-c3ccc(C)cc3)n2)cc1. The van der Waals surface area contributed by atoms with Crippen molar-refractivity contribution in [2.75, 3.05) is 9.80 Å². The third-order valence-electron chi connectivity index (χ3n) is 14.0. The Morgan fingerprint density at radius 1 is 0.315 bits per heavy atom. The van der Waals surface area contributed by atoms with Gasteiger partial charge in [0.05, 0.1) is 22.4 Å². The second-order valence-corrected chi connectivity index (χ2v) is 19.0. The van der Waals surface area contributed by atoms with Crippen LogP contribution in [-0.2, 0) is 0 Å². The van der Waals surface area contributed by atoms with Gasteiger partial charge in [-0.3, -0.25) is 0 Å². The quantitative estimate of drug-likeness (QED) is 0.129. The van der Waals surface area contributed by atoms with E-state index in [9.17, 15) is 0 Å². The Kier molecular flexibility index (Phi) is 11.7. The first-order valence-corrected chi connectivity index (χ1v) is 25.0. The van der Waals surface area contributed by atoms with Crippen molar-refractivity contribution >= 4 is 55.9 Å². The van der Waals surface area contributed by atoms with Crippen molar-refractivity contribution in [1.29, 1.82) is 0 Å². The molecule has 0 saturated heterocycles. The Labute approximate surface area is 427 Å². The van der Waals surface area contributed by atoms with E-state index in [0.29, 0.717) is 5.82 Å². The summed E-state index contributed by atoms with van der Waals surface area (Å²) in [5.41, 5.74) is 22.1. The summed E-state index contributed by atoms with van der Waals surface area (Å²) in [5, 5.41) is 2.34. The molecule has 350 valence electrons. The number of anilines is 6. The van der Waals surface area contributed by atoms with E-state index in [1.807, 2.05) is 0 Å². The van der Waals surface area contributed by atoms with Gasteiger partial charge in [-0.1, -0.05) is 157 Å². The summed E-state index contributed by atoms with van der Waals surface area (Å²) in [4.78, 5) is 14.9. The molecule has 12 rings (SSSR count). The van der Waals surface area contributed by atoms with Gasteiger partial charge < -0.3 is 14.4 Å². The van der Waals surface area contributed by atoms with Crippen LogP contribution in [0.15, 0.2) is 249 Å². The minimum absolute atomic E-state index is 0.714. The van der Waals surface area contributed by atoms with E-state index in [4.69, 9.17) is 9.97 Å². The average Bonchev–Trinajstić information content (AvgIpc) is 3.76. The number of hydrogen-bond donors (Lipinski definition) is 0. The molecule has 73 heavy (non-hydrogen) atoms. The zero-order valence-electron chi connectivity index (χ0n) is 41.4. The molecule has 12 aromatic rings. The van der Waals surface area contributed by atoms with Crippen LogP contribution in [0.5, 0.6) is 0 Å². The molecule has 0 fully saturated rings. The van der Waals surface area contributed by atoms with E-state index in [-0.39, 0.29) is 0 Å². The van der Waals surface area contributed by atoms with Gasteiger partial charge in [0.15, 0.2) is 5.82 Å². The van der Waals surface area contributed by atoms with Gasteiger partial charge in [0, 0.05) is 67.3 Å². The zero-order valence-corrected chi connectivity index (χ0v) is 41.4. The molecule has 0 amide bonds. The van der Waals surface area contributed by atoms with Crippen LogP contribution < -0.4 is 9.80 Å². The molecular weight excluding hydrogens is 887 g/mol. The predicted octanol–water partition coefficient (Wildman–Crippen LogP) is 18.4. The lowest BCUT2D eigenvalue weighted by Crippen LogP contribution is -2.09. The molecule has 5 heteroatoms. The summed E-state index contributed by atoms with van der Waals surface area (Å²) in [5.74, 6) is 0.714. The number of nitrogens with zero attached hydrogens (tertiary/aromatic N) is 5. The molecule has 0 bridgehead atoms. The molecule has 0 saturated carbocycles. The first kappa shape index (κ1) is 44.9. The molecule has 0 unspecified atom stereocenters. The van der Waals surface area contributed by atoms with Gasteiger partial charge in [-0.25, -0.2) is 9.97 Å². The van der Waals surface area contributed by atoms with Gasteiger partial charge in [0.25, 0.3) is 0 Å². The van der Waals surface area contributed by atoms with E-state index in [1.165, 1.54) is 38.6 Å². The number of fused-ring (bicyclic) bond motifs is 3. The highest BCUT2D eigenvalue weighted by molar-refractivity contribution is 6.12. The van der Waals surface area contributed by atoms with E-state index >= 15 is 0 Å². The topological polar surface area (TPSA) is 37.2 Å². The Morgan fingerprint density at radius 2 is 0.699 bits per heavy atom. The fraction of sp³-hybridized carbons (Fsp3) is 0.0588. The van der Waals surface area contributed by atoms with Crippen LogP contribution >= 0.6 is 0 Å². The Hall–Kier alpha value is -9.32. The van der Waals surface area contributed by atoms with E-state index in [1.54, 1.807) is 0 Å². The molecule has 0 atom stereocenters. The van der Waals surface area contributed by atoms with Gasteiger partial charge in [-0.05, 0) is 153 Å². The van der Waals surface area contributed by atoms with Crippen LogP contribution in [0.3, 0.4) is 0 Å². The van der Waals surface area contributed by atoms with Crippen molar-refractivity contribution in [2.45, 2.75) is 27.7 Å². The average molecular weight is 940 g/mol. The van der Waals surface area contributed by atoms with E-state index < -0.39 is 0 Å². The summed E-state index contributed by atoms with van der Waals surface area (Å²) in [6.07, 6.45) is 0. The number of rotatable bonds is 11. The Bertz CT molecular complexity index is 3620. The van der Waals surface area contributed by atoms with Gasteiger partial charge in [0.2, 0.25) is 0 Å². The minimum atomic E-state index is 0.714. The number of aromatic nitrogens is 3. The second-order valence-electron chi connectivity index (χ2n) is 19.0. The minimum Gasteiger partial charge on any atom is -0.310 e. The monoisotopic (exact) mass is 939 g/mol. The number of para-hydroxylation sites is 4. The predicted molar refractivity (Wildman–Crippen MR) is 306 cm³/mol. The number of hydrogen-bond acceptors (Lipinski definition) is 4. The van der Waals surface area contributed by atoms with Crippen LogP contribution in [0.4, 0.5) is 34.1 Å². The maximum atomic E-state index is 5.14. The van der Waals surface area contributed by atoms with Crippen molar-refractivity contribution in [3.63, 3.8) is 0 Å². The van der Waals surface area contributed by atoms with Crippen molar-refractivity contribution in [3.8, 4) is 50.7 Å². The summed E-state index contributed by atoms with van der Waals surface area (Å²) in [7, 11) is 0. The van der Waals surface area contributed by atoms with Crippen LogP contribution in [0.25, 0.3) is 72.5 Å². The third-order valence-corrected chi connectivity index (χ3v) is 14.0. The first-order chi connectivity index (χ1) is 35.8. The molecular formula is C68H53N5. The third kappa shape index (κ3) is 8.72. The van der Waals surface area contributed by atoms with Gasteiger partial charge in [-0.2, -0.15) is 0 Å². The fourth-order valence-corrected chi connectivity index (χ4v) is 10.2. The van der Waals surface area contributed by atoms with Gasteiger partial charge >= 0.3 is 0 Å². The van der Waals surface area contributed by atoms with Crippen LogP contribution in [0.1, 0.15) is 22.3 Å². The van der Waals surface area contributed by atoms with Crippen LogP contribution in [0.2, 0.25) is 0 Å². The fourth-order valence-electron chi connectivity index (χ4n) is 10.2. The molecule has 10 aromatic carbocycles. The molecule has 0 radical (unpaired) electrons. The largest absolute Gasteiger partial charge is 0.310 e. The molecule has 0 aliphatic carbocycles. The zero-order chi connectivity index (χ0) is 49.4. The maximum absolute atomic E-state index is 5.14. The summed E-state index contributed by atoms with van der Waals surface area (Å²) < 4.78 is 2.46. The highest BCUT2D eigenvalue weighted by atomic mass is 15.1. The lowest BCUT2D eigenvalue weighted by molar-refractivity contribution is 1.14. The lowest BCUT2D eigenvalue weighted by atomic mass is 9.95. The molecule has 0 aliphatic heterocycles. The Balaban J connectivity index is 0.978. The molecule has 2 heterocycles. The highest BCUT2D eigenvalue weighted by Crippen LogP contribution is 2.44. The molecule has 0 aliphatic rings. The molecule has 5 nitrogen and oxygen atoms in total. The summed E-state index contributed by atoms with van der Waals surface area (Å²) in [6.45, 7) is 8.69. The second kappa shape index (κ2) is 19.1.